The molecule has 5 heteroatoms. The number of carbonyl (C=O) groups is 2. The molecule has 2 heterocycles. The fourth-order valence-corrected chi connectivity index (χ4v) is 4.90. The van der Waals surface area contributed by atoms with Gasteiger partial charge in [-0.05, 0) is 75.2 Å². The number of benzene rings is 1. The SMILES string of the molecule is C=CCCC(C(=O)NC)N1Cc2cc(C3CCN(CC/C=C/C=C\C=C/C)CC3)ccc2C1=O. The Labute approximate surface area is 204 Å². The molecule has 2 aliphatic rings. The first-order valence-corrected chi connectivity index (χ1v) is 12.5. The van der Waals surface area contributed by atoms with Gasteiger partial charge in [-0.1, -0.05) is 54.7 Å². The number of nitrogens with zero attached hydrogens (tertiary/aromatic N) is 2. The molecule has 1 aromatic carbocycles. The molecule has 1 saturated heterocycles. The number of carbonyl (C=O) groups excluding carboxylic acids is 2. The van der Waals surface area contributed by atoms with E-state index in [1.54, 1.807) is 18.0 Å². The average Bonchev–Trinajstić information content (AvgIpc) is 3.19. The predicted octanol–water partition coefficient (Wildman–Crippen LogP) is 4.98. The minimum atomic E-state index is -0.456. The largest absolute Gasteiger partial charge is 0.357 e. The standard InChI is InChI=1S/C29H39N3O2/c1-4-6-8-9-10-11-12-18-31-19-16-23(17-20-31)24-14-15-26-25(21-24)22-32(29(26)34)27(13-7-5-2)28(33)30-3/h4-6,8-11,14-15,21,23,27H,2,7,12-13,16-20,22H2,1,3H3,(H,30,33)/b6-4-,9-8-,11-10+. The third-order valence-electron chi connectivity index (χ3n) is 6.86. The van der Waals surface area contributed by atoms with E-state index >= 15 is 0 Å². The zero-order chi connectivity index (χ0) is 24.3. The van der Waals surface area contributed by atoms with Gasteiger partial charge in [-0.3, -0.25) is 9.59 Å². The lowest BCUT2D eigenvalue weighted by Crippen LogP contribution is -2.46. The Kier molecular flexibility index (Phi) is 9.89. The highest BCUT2D eigenvalue weighted by atomic mass is 16.2. The lowest BCUT2D eigenvalue weighted by Gasteiger charge is -2.32. The van der Waals surface area contributed by atoms with Gasteiger partial charge in [0.2, 0.25) is 5.91 Å². The molecular formula is C29H39N3O2. The highest BCUT2D eigenvalue weighted by Crippen LogP contribution is 2.33. The van der Waals surface area contributed by atoms with Crippen molar-refractivity contribution in [3.8, 4) is 0 Å². The normalized spacial score (nSPS) is 18.3. The topological polar surface area (TPSA) is 52.7 Å². The zero-order valence-electron chi connectivity index (χ0n) is 20.7. The van der Waals surface area contributed by atoms with Crippen LogP contribution in [-0.4, -0.2) is 54.3 Å². The van der Waals surface area contributed by atoms with Crippen molar-refractivity contribution in [3.05, 3.63) is 84.0 Å². The van der Waals surface area contributed by atoms with Crippen molar-refractivity contribution in [1.82, 2.24) is 15.1 Å². The maximum Gasteiger partial charge on any atom is 0.255 e. The number of allylic oxidation sites excluding steroid dienone is 6. The number of likely N-dealkylation sites (tertiary alicyclic amines) is 1. The molecule has 0 bridgehead atoms. The minimum Gasteiger partial charge on any atom is -0.357 e. The van der Waals surface area contributed by atoms with E-state index in [-0.39, 0.29) is 11.8 Å². The molecule has 0 aromatic heterocycles. The number of amides is 2. The van der Waals surface area contributed by atoms with Gasteiger partial charge in [0.05, 0.1) is 0 Å². The molecule has 0 spiro atoms. The zero-order valence-corrected chi connectivity index (χ0v) is 20.7. The number of piperidine rings is 1. The molecule has 0 aliphatic carbocycles. The molecular weight excluding hydrogens is 422 g/mol. The Balaban J connectivity index is 1.55. The predicted molar refractivity (Wildman–Crippen MR) is 140 cm³/mol. The summed E-state index contributed by atoms with van der Waals surface area (Å²) in [5.74, 6) is 0.377. The molecule has 1 atom stereocenters. The molecule has 1 aromatic rings. The summed E-state index contributed by atoms with van der Waals surface area (Å²) in [4.78, 5) is 29.8. The molecule has 1 N–H and O–H groups in total. The van der Waals surface area contributed by atoms with Gasteiger partial charge in [-0.15, -0.1) is 6.58 Å². The minimum absolute atomic E-state index is 0.0392. The van der Waals surface area contributed by atoms with Crippen LogP contribution in [0.4, 0.5) is 0 Å². The lowest BCUT2D eigenvalue weighted by molar-refractivity contribution is -0.125. The van der Waals surface area contributed by atoms with Gasteiger partial charge in [0, 0.05) is 25.7 Å². The third-order valence-corrected chi connectivity index (χ3v) is 6.86. The van der Waals surface area contributed by atoms with Crippen LogP contribution in [0, 0.1) is 0 Å². The van der Waals surface area contributed by atoms with Gasteiger partial charge in [0.15, 0.2) is 0 Å². The van der Waals surface area contributed by atoms with E-state index in [9.17, 15) is 9.59 Å². The lowest BCUT2D eigenvalue weighted by atomic mass is 9.88. The quantitative estimate of drug-likeness (QED) is 0.373. The van der Waals surface area contributed by atoms with E-state index < -0.39 is 6.04 Å². The molecule has 34 heavy (non-hydrogen) atoms. The number of fused-ring (bicyclic) bond motifs is 1. The Morgan fingerprint density at radius 2 is 1.94 bits per heavy atom. The molecule has 1 fully saturated rings. The van der Waals surface area contributed by atoms with E-state index in [0.717, 1.165) is 50.0 Å². The van der Waals surface area contributed by atoms with E-state index in [4.69, 9.17) is 0 Å². The molecule has 0 radical (unpaired) electrons. The van der Waals surface area contributed by atoms with Crippen LogP contribution < -0.4 is 5.32 Å². The van der Waals surface area contributed by atoms with Crippen molar-refractivity contribution >= 4 is 11.8 Å². The molecule has 182 valence electrons. The van der Waals surface area contributed by atoms with E-state index in [2.05, 4.69) is 47.2 Å². The summed E-state index contributed by atoms with van der Waals surface area (Å²) in [6.07, 6.45) is 19.0. The first kappa shape index (κ1) is 25.7. The molecule has 3 rings (SSSR count). The number of likely N-dealkylation sites (N-methyl/N-ethyl adjacent to an activating group) is 1. The highest BCUT2D eigenvalue weighted by Gasteiger charge is 2.36. The molecule has 1 unspecified atom stereocenters. The highest BCUT2D eigenvalue weighted by molar-refractivity contribution is 6.01. The summed E-state index contributed by atoms with van der Waals surface area (Å²) in [5, 5.41) is 2.71. The Morgan fingerprint density at radius 1 is 1.18 bits per heavy atom. The van der Waals surface area contributed by atoms with E-state index in [1.165, 1.54) is 5.56 Å². The van der Waals surface area contributed by atoms with Gasteiger partial charge < -0.3 is 15.1 Å². The van der Waals surface area contributed by atoms with Crippen LogP contribution in [-0.2, 0) is 11.3 Å². The second kappa shape index (κ2) is 13.1. The van der Waals surface area contributed by atoms with Gasteiger partial charge in [0.25, 0.3) is 5.91 Å². The van der Waals surface area contributed by atoms with Gasteiger partial charge in [-0.2, -0.15) is 0 Å². The summed E-state index contributed by atoms with van der Waals surface area (Å²) < 4.78 is 0. The van der Waals surface area contributed by atoms with Crippen LogP contribution in [0.5, 0.6) is 0 Å². The number of rotatable bonds is 11. The van der Waals surface area contributed by atoms with Crippen LogP contribution >= 0.6 is 0 Å². The fourth-order valence-electron chi connectivity index (χ4n) is 4.90. The Morgan fingerprint density at radius 3 is 2.65 bits per heavy atom. The smallest absolute Gasteiger partial charge is 0.255 e. The van der Waals surface area contributed by atoms with E-state index in [1.807, 2.05) is 31.2 Å². The maximum atomic E-state index is 13.1. The number of hydrogen-bond donors (Lipinski definition) is 1. The fraction of sp³-hybridized carbons (Fsp3) is 0.448. The molecule has 2 aliphatic heterocycles. The Hall–Kier alpha value is -2.92. The monoisotopic (exact) mass is 461 g/mol. The summed E-state index contributed by atoms with van der Waals surface area (Å²) in [6.45, 7) is 9.59. The first-order chi connectivity index (χ1) is 16.6. The van der Waals surface area contributed by atoms with Crippen LogP contribution in [0.2, 0.25) is 0 Å². The molecule has 2 amide bonds. The van der Waals surface area contributed by atoms with Crippen molar-refractivity contribution in [2.24, 2.45) is 0 Å². The van der Waals surface area contributed by atoms with Gasteiger partial charge in [0.1, 0.15) is 6.04 Å². The average molecular weight is 462 g/mol. The Bertz CT molecular complexity index is 939. The van der Waals surface area contributed by atoms with Crippen LogP contribution in [0.15, 0.2) is 67.3 Å². The molecule has 5 nitrogen and oxygen atoms in total. The van der Waals surface area contributed by atoms with Crippen molar-refractivity contribution in [3.63, 3.8) is 0 Å². The van der Waals surface area contributed by atoms with E-state index in [0.29, 0.717) is 25.3 Å². The van der Waals surface area contributed by atoms with Crippen molar-refractivity contribution in [2.45, 2.75) is 57.5 Å². The summed E-state index contributed by atoms with van der Waals surface area (Å²) in [6, 6.07) is 5.85. The van der Waals surface area contributed by atoms with Crippen LogP contribution in [0.25, 0.3) is 0 Å². The van der Waals surface area contributed by atoms with Crippen molar-refractivity contribution in [1.29, 1.82) is 0 Å². The number of nitrogens with one attached hydrogen (secondary N) is 1. The van der Waals surface area contributed by atoms with Crippen molar-refractivity contribution in [2.75, 3.05) is 26.7 Å². The third kappa shape index (κ3) is 6.57. The second-order valence-corrected chi connectivity index (χ2v) is 9.09. The molecule has 0 saturated carbocycles. The van der Waals surface area contributed by atoms with Gasteiger partial charge >= 0.3 is 0 Å². The van der Waals surface area contributed by atoms with Crippen LogP contribution in [0.1, 0.15) is 66.4 Å². The van der Waals surface area contributed by atoms with Gasteiger partial charge in [-0.25, -0.2) is 0 Å². The maximum absolute atomic E-state index is 13.1. The summed E-state index contributed by atoms with van der Waals surface area (Å²) >= 11 is 0. The first-order valence-electron chi connectivity index (χ1n) is 12.5. The summed E-state index contributed by atoms with van der Waals surface area (Å²) in [5.41, 5.74) is 3.11. The second-order valence-electron chi connectivity index (χ2n) is 9.09. The van der Waals surface area contributed by atoms with Crippen LogP contribution in [0.3, 0.4) is 0 Å². The summed E-state index contributed by atoms with van der Waals surface area (Å²) in [7, 11) is 1.62. The number of hydrogen-bond acceptors (Lipinski definition) is 3. The van der Waals surface area contributed by atoms with Crippen molar-refractivity contribution < 1.29 is 9.59 Å².